The van der Waals surface area contributed by atoms with Crippen LogP contribution >= 0.6 is 0 Å². The first-order valence-electron chi connectivity index (χ1n) is 6.87. The zero-order chi connectivity index (χ0) is 16.4. The SMILES string of the molecule is COc1ccc(S(=O)(=O)C2CN(C(=O)Cn3cnnn3)C2)cc1. The summed E-state index contributed by atoms with van der Waals surface area (Å²) in [6.45, 7) is 0.354. The Labute approximate surface area is 132 Å². The Balaban J connectivity index is 1.62. The fourth-order valence-electron chi connectivity index (χ4n) is 2.29. The van der Waals surface area contributed by atoms with E-state index in [0.717, 1.165) is 0 Å². The molecule has 0 atom stereocenters. The van der Waals surface area contributed by atoms with E-state index in [9.17, 15) is 13.2 Å². The molecule has 0 unspecified atom stereocenters. The summed E-state index contributed by atoms with van der Waals surface area (Å²) in [6.07, 6.45) is 1.34. The second-order valence-corrected chi connectivity index (χ2v) is 7.38. The summed E-state index contributed by atoms with van der Waals surface area (Å²) in [5, 5.41) is 9.90. The number of hydrogen-bond acceptors (Lipinski definition) is 7. The van der Waals surface area contributed by atoms with Gasteiger partial charge in [0.15, 0.2) is 9.84 Å². The van der Waals surface area contributed by atoms with Gasteiger partial charge >= 0.3 is 0 Å². The van der Waals surface area contributed by atoms with Crippen molar-refractivity contribution in [1.82, 2.24) is 25.1 Å². The Kier molecular flexibility index (Phi) is 3.99. The van der Waals surface area contributed by atoms with Crippen LogP contribution in [0.4, 0.5) is 0 Å². The highest BCUT2D eigenvalue weighted by molar-refractivity contribution is 7.92. The maximum absolute atomic E-state index is 12.5. The topological polar surface area (TPSA) is 107 Å². The van der Waals surface area contributed by atoms with Crippen molar-refractivity contribution in [2.45, 2.75) is 16.7 Å². The number of nitrogens with zero attached hydrogens (tertiary/aromatic N) is 5. The smallest absolute Gasteiger partial charge is 0.244 e. The molecule has 1 amide bonds. The van der Waals surface area contributed by atoms with Crippen molar-refractivity contribution in [1.29, 1.82) is 0 Å². The van der Waals surface area contributed by atoms with Gasteiger partial charge in [-0.3, -0.25) is 4.79 Å². The average molecular weight is 337 g/mol. The van der Waals surface area contributed by atoms with Crippen molar-refractivity contribution in [3.05, 3.63) is 30.6 Å². The number of methoxy groups -OCH3 is 1. The van der Waals surface area contributed by atoms with Crippen LogP contribution in [0, 0.1) is 0 Å². The number of benzene rings is 1. The van der Waals surface area contributed by atoms with Gasteiger partial charge < -0.3 is 9.64 Å². The minimum Gasteiger partial charge on any atom is -0.497 e. The Bertz CT molecular complexity index is 782. The molecule has 3 rings (SSSR count). The molecule has 10 heteroatoms. The lowest BCUT2D eigenvalue weighted by molar-refractivity contribution is -0.135. The Morgan fingerprint density at radius 3 is 2.57 bits per heavy atom. The third-order valence-electron chi connectivity index (χ3n) is 3.72. The highest BCUT2D eigenvalue weighted by Gasteiger charge is 2.40. The number of carbonyl (C=O) groups excluding carboxylic acids is 1. The summed E-state index contributed by atoms with van der Waals surface area (Å²) >= 11 is 0. The number of ether oxygens (including phenoxy) is 1. The molecule has 0 spiro atoms. The minimum atomic E-state index is -3.45. The number of amides is 1. The molecule has 0 N–H and O–H groups in total. The summed E-state index contributed by atoms with van der Waals surface area (Å²) in [5.41, 5.74) is 0. The van der Waals surface area contributed by atoms with Gasteiger partial charge in [-0.1, -0.05) is 0 Å². The van der Waals surface area contributed by atoms with Crippen LogP contribution in [0.1, 0.15) is 0 Å². The normalized spacial score (nSPS) is 15.3. The summed E-state index contributed by atoms with van der Waals surface area (Å²) in [4.78, 5) is 13.7. The number of aromatic nitrogens is 4. The lowest BCUT2D eigenvalue weighted by atomic mass is 10.2. The third kappa shape index (κ3) is 3.02. The van der Waals surface area contributed by atoms with Gasteiger partial charge in [0.25, 0.3) is 0 Å². The van der Waals surface area contributed by atoms with Gasteiger partial charge in [0.1, 0.15) is 23.9 Å². The van der Waals surface area contributed by atoms with Crippen LogP contribution < -0.4 is 4.74 Å². The van der Waals surface area contributed by atoms with E-state index >= 15 is 0 Å². The molecule has 23 heavy (non-hydrogen) atoms. The van der Waals surface area contributed by atoms with E-state index in [4.69, 9.17) is 4.74 Å². The van der Waals surface area contributed by atoms with Gasteiger partial charge in [-0.15, -0.1) is 5.10 Å². The molecule has 1 fully saturated rings. The zero-order valence-electron chi connectivity index (χ0n) is 12.4. The molecule has 1 aliphatic heterocycles. The van der Waals surface area contributed by atoms with Crippen molar-refractivity contribution in [3.8, 4) is 5.75 Å². The number of carbonyl (C=O) groups is 1. The van der Waals surface area contributed by atoms with Crippen molar-refractivity contribution in [3.63, 3.8) is 0 Å². The predicted molar refractivity (Wildman–Crippen MR) is 78.4 cm³/mol. The zero-order valence-corrected chi connectivity index (χ0v) is 13.2. The van der Waals surface area contributed by atoms with Gasteiger partial charge in [-0.05, 0) is 34.7 Å². The van der Waals surface area contributed by atoms with E-state index in [0.29, 0.717) is 5.75 Å². The van der Waals surface area contributed by atoms with Gasteiger partial charge in [0.05, 0.1) is 12.0 Å². The maximum atomic E-state index is 12.5. The lowest BCUT2D eigenvalue weighted by Crippen LogP contribution is -2.57. The number of hydrogen-bond donors (Lipinski definition) is 0. The first kappa shape index (κ1) is 15.4. The van der Waals surface area contributed by atoms with E-state index < -0.39 is 15.1 Å². The predicted octanol–water partition coefficient (Wildman–Crippen LogP) is -0.634. The highest BCUT2D eigenvalue weighted by atomic mass is 32.2. The number of tetrazole rings is 1. The summed E-state index contributed by atoms with van der Waals surface area (Å²) in [6, 6.07) is 6.23. The summed E-state index contributed by atoms with van der Waals surface area (Å²) < 4.78 is 31.3. The molecule has 1 saturated heterocycles. The molecule has 2 heterocycles. The Morgan fingerprint density at radius 2 is 2.00 bits per heavy atom. The summed E-state index contributed by atoms with van der Waals surface area (Å²) in [5.74, 6) is 0.384. The minimum absolute atomic E-state index is 0.00229. The third-order valence-corrected chi connectivity index (χ3v) is 5.82. The first-order chi connectivity index (χ1) is 11.0. The molecule has 0 aliphatic carbocycles. The standard InChI is InChI=1S/C13H15N5O4S/c1-22-10-2-4-11(5-3-10)23(20,21)12-6-17(7-12)13(19)8-18-9-14-15-16-18/h2-5,9,12H,6-8H2,1H3. The van der Waals surface area contributed by atoms with Crippen molar-refractivity contribution >= 4 is 15.7 Å². The van der Waals surface area contributed by atoms with Crippen molar-refractivity contribution in [2.75, 3.05) is 20.2 Å². The van der Waals surface area contributed by atoms with Crippen LogP contribution in [0.5, 0.6) is 5.75 Å². The largest absolute Gasteiger partial charge is 0.497 e. The van der Waals surface area contributed by atoms with Gasteiger partial charge in [0, 0.05) is 13.1 Å². The van der Waals surface area contributed by atoms with E-state index in [1.807, 2.05) is 0 Å². The van der Waals surface area contributed by atoms with Crippen LogP contribution in [0.3, 0.4) is 0 Å². The molecule has 1 aliphatic rings. The second kappa shape index (κ2) is 5.95. The van der Waals surface area contributed by atoms with Crippen LogP contribution in [0.25, 0.3) is 0 Å². The molecular weight excluding hydrogens is 322 g/mol. The van der Waals surface area contributed by atoms with Crippen molar-refractivity contribution < 1.29 is 17.9 Å². The number of rotatable bonds is 5. The molecular formula is C13H15N5O4S. The summed E-state index contributed by atoms with van der Waals surface area (Å²) in [7, 11) is -1.93. The Morgan fingerprint density at radius 1 is 1.30 bits per heavy atom. The van der Waals surface area contributed by atoms with E-state index in [1.165, 1.54) is 35.2 Å². The molecule has 9 nitrogen and oxygen atoms in total. The molecule has 122 valence electrons. The van der Waals surface area contributed by atoms with Crippen LogP contribution in [-0.4, -0.2) is 64.9 Å². The molecule has 1 aromatic carbocycles. The monoisotopic (exact) mass is 337 g/mol. The first-order valence-corrected chi connectivity index (χ1v) is 8.42. The fraction of sp³-hybridized carbons (Fsp3) is 0.385. The van der Waals surface area contributed by atoms with Gasteiger partial charge in [0.2, 0.25) is 5.91 Å². The fourth-order valence-corrected chi connectivity index (χ4v) is 3.94. The molecule has 0 saturated carbocycles. The highest BCUT2D eigenvalue weighted by Crippen LogP contribution is 2.25. The van der Waals surface area contributed by atoms with Gasteiger partial charge in [-0.25, -0.2) is 13.1 Å². The van der Waals surface area contributed by atoms with Crippen LogP contribution in [0.2, 0.25) is 0 Å². The number of likely N-dealkylation sites (tertiary alicyclic amines) is 1. The second-order valence-electron chi connectivity index (χ2n) is 5.15. The lowest BCUT2D eigenvalue weighted by Gasteiger charge is -2.38. The molecule has 1 aromatic heterocycles. The quantitative estimate of drug-likeness (QED) is 0.714. The average Bonchev–Trinajstić information content (AvgIpc) is 2.98. The molecule has 0 radical (unpaired) electrons. The van der Waals surface area contributed by atoms with E-state index in [-0.39, 0.29) is 30.4 Å². The van der Waals surface area contributed by atoms with Gasteiger partial charge in [-0.2, -0.15) is 0 Å². The molecule has 2 aromatic rings. The van der Waals surface area contributed by atoms with E-state index in [2.05, 4.69) is 15.5 Å². The number of sulfone groups is 1. The van der Waals surface area contributed by atoms with E-state index in [1.54, 1.807) is 12.1 Å². The Hall–Kier alpha value is -2.49. The molecule has 0 bridgehead atoms. The van der Waals surface area contributed by atoms with Crippen LogP contribution in [-0.2, 0) is 21.2 Å². The maximum Gasteiger partial charge on any atom is 0.244 e. The van der Waals surface area contributed by atoms with Crippen LogP contribution in [0.15, 0.2) is 35.5 Å². The van der Waals surface area contributed by atoms with Crippen molar-refractivity contribution in [2.24, 2.45) is 0 Å².